The van der Waals surface area contributed by atoms with E-state index in [2.05, 4.69) is 5.32 Å². The fourth-order valence-electron chi connectivity index (χ4n) is 4.07. The van der Waals surface area contributed by atoms with Gasteiger partial charge in [0.2, 0.25) is 5.91 Å². The highest BCUT2D eigenvalue weighted by Crippen LogP contribution is 2.42. The molecule has 0 radical (unpaired) electrons. The number of furan rings is 1. The van der Waals surface area contributed by atoms with Gasteiger partial charge in [-0.3, -0.25) is 9.59 Å². The lowest BCUT2D eigenvalue weighted by Crippen LogP contribution is -2.51. The summed E-state index contributed by atoms with van der Waals surface area (Å²) in [6.07, 6.45) is 1.92. The Balaban J connectivity index is 1.72. The third-order valence-corrected chi connectivity index (χ3v) is 5.84. The predicted octanol–water partition coefficient (Wildman–Crippen LogP) is 4.62. The molecule has 31 heavy (non-hydrogen) atoms. The quantitative estimate of drug-likeness (QED) is 0.595. The van der Waals surface area contributed by atoms with Crippen molar-refractivity contribution >= 4 is 23.2 Å². The average Bonchev–Trinajstić information content (AvgIpc) is 3.27. The van der Waals surface area contributed by atoms with Crippen LogP contribution < -0.4 is 10.2 Å². The number of hydrogen-bond donors (Lipinski definition) is 1. The molecule has 0 saturated carbocycles. The molecule has 3 aromatic rings. The number of rotatable bonds is 6. The van der Waals surface area contributed by atoms with Gasteiger partial charge >= 0.3 is 0 Å². The van der Waals surface area contributed by atoms with Crippen molar-refractivity contribution in [2.24, 2.45) is 0 Å². The van der Waals surface area contributed by atoms with Crippen LogP contribution in [0.5, 0.6) is 0 Å². The lowest BCUT2D eigenvalue weighted by atomic mass is 9.92. The van der Waals surface area contributed by atoms with Gasteiger partial charge in [-0.25, -0.2) is 0 Å². The molecular formula is C25H27N3O3. The number of para-hydroxylation sites is 1. The lowest BCUT2D eigenvalue weighted by molar-refractivity contribution is -0.155. The number of benzene rings is 2. The summed E-state index contributed by atoms with van der Waals surface area (Å²) < 4.78 is 5.56. The number of carbonyl (C=O) groups excluding carboxylic acids is 2. The molecule has 160 valence electrons. The van der Waals surface area contributed by atoms with Crippen molar-refractivity contribution in [3.8, 4) is 0 Å². The number of β-lactam (4-membered cyclic amide) rings is 1. The Morgan fingerprint density at radius 3 is 2.29 bits per heavy atom. The smallest absolute Gasteiger partial charge is 0.251 e. The fraction of sp³-hybridized carbons (Fsp3) is 0.280. The maximum absolute atomic E-state index is 13.6. The van der Waals surface area contributed by atoms with E-state index in [1.807, 2.05) is 81.4 Å². The Labute approximate surface area is 182 Å². The molecule has 6 nitrogen and oxygen atoms in total. The first-order chi connectivity index (χ1) is 14.9. The summed E-state index contributed by atoms with van der Waals surface area (Å²) in [7, 11) is 3.93. The van der Waals surface area contributed by atoms with E-state index in [9.17, 15) is 9.59 Å². The zero-order chi connectivity index (χ0) is 22.1. The highest BCUT2D eigenvalue weighted by Gasteiger charge is 2.46. The van der Waals surface area contributed by atoms with Gasteiger partial charge in [-0.2, -0.15) is 0 Å². The highest BCUT2D eigenvalue weighted by atomic mass is 16.3. The van der Waals surface area contributed by atoms with Gasteiger partial charge in [0.05, 0.1) is 18.7 Å². The van der Waals surface area contributed by atoms with Gasteiger partial charge in [-0.1, -0.05) is 30.3 Å². The molecule has 1 saturated heterocycles. The first kappa shape index (κ1) is 20.7. The molecule has 1 N–H and O–H groups in total. The van der Waals surface area contributed by atoms with E-state index in [-0.39, 0.29) is 17.9 Å². The Hall–Kier alpha value is -3.54. The van der Waals surface area contributed by atoms with Crippen LogP contribution in [0, 0.1) is 13.8 Å². The van der Waals surface area contributed by atoms with Gasteiger partial charge in [0.15, 0.2) is 0 Å². The summed E-state index contributed by atoms with van der Waals surface area (Å²) in [5.41, 5.74) is 4.53. The van der Waals surface area contributed by atoms with Crippen LogP contribution in [0.3, 0.4) is 0 Å². The number of likely N-dealkylation sites (tertiary alicyclic amines) is 1. The first-order valence-corrected chi connectivity index (χ1v) is 10.4. The zero-order valence-corrected chi connectivity index (χ0v) is 18.3. The summed E-state index contributed by atoms with van der Waals surface area (Å²) in [6, 6.07) is 16.3. The second-order valence-electron chi connectivity index (χ2n) is 8.18. The number of hydrogen-bond acceptors (Lipinski definition) is 4. The van der Waals surface area contributed by atoms with Crippen molar-refractivity contribution in [2.45, 2.75) is 32.4 Å². The Morgan fingerprint density at radius 2 is 1.74 bits per heavy atom. The molecule has 0 unspecified atom stereocenters. The van der Waals surface area contributed by atoms with Gasteiger partial charge in [0, 0.05) is 25.5 Å². The van der Waals surface area contributed by atoms with Crippen molar-refractivity contribution in [3.63, 3.8) is 0 Å². The van der Waals surface area contributed by atoms with Gasteiger partial charge in [-0.15, -0.1) is 0 Å². The summed E-state index contributed by atoms with van der Waals surface area (Å²) in [5, 5.41) is 3.08. The Kier molecular flexibility index (Phi) is 5.55. The molecule has 2 aromatic carbocycles. The summed E-state index contributed by atoms with van der Waals surface area (Å²) in [6.45, 7) is 3.92. The molecule has 6 heteroatoms. The number of nitrogens with zero attached hydrogens (tertiary/aromatic N) is 2. The normalized spacial score (nSPS) is 16.6. The third-order valence-electron chi connectivity index (χ3n) is 5.84. The largest absolute Gasteiger partial charge is 0.467 e. The molecule has 2 heterocycles. The van der Waals surface area contributed by atoms with Gasteiger partial charge < -0.3 is 19.5 Å². The predicted molar refractivity (Wildman–Crippen MR) is 121 cm³/mol. The van der Waals surface area contributed by atoms with Crippen LogP contribution in [0.25, 0.3) is 0 Å². The van der Waals surface area contributed by atoms with Crippen LogP contribution in [-0.4, -0.2) is 30.8 Å². The zero-order valence-electron chi connectivity index (χ0n) is 18.3. The van der Waals surface area contributed by atoms with E-state index in [1.54, 1.807) is 17.2 Å². The van der Waals surface area contributed by atoms with Crippen molar-refractivity contribution in [1.29, 1.82) is 0 Å². The molecule has 0 aliphatic carbocycles. The van der Waals surface area contributed by atoms with E-state index in [1.165, 1.54) is 0 Å². The summed E-state index contributed by atoms with van der Waals surface area (Å²) in [5.74, 6) is 0.383. The number of anilines is 2. The molecule has 0 spiro atoms. The maximum Gasteiger partial charge on any atom is 0.251 e. The van der Waals surface area contributed by atoms with Crippen molar-refractivity contribution < 1.29 is 14.0 Å². The number of amides is 2. The molecule has 1 aromatic heterocycles. The van der Waals surface area contributed by atoms with Crippen LogP contribution in [0.4, 0.5) is 11.4 Å². The standard InChI is InChI=1S/C25H27N3O3/c1-16-7-5-8-17(2)23(16)26-25(30)24(18-10-12-19(13-11-18)27(3)4)28-20(15-22(28)29)21-9-6-14-31-21/h5-14,20,24H,15H2,1-4H3,(H,26,30)/t20-,24-/m1/s1. The number of carbonyl (C=O) groups is 2. The Bertz CT molecular complexity index is 1070. The molecular weight excluding hydrogens is 390 g/mol. The molecule has 2 amide bonds. The van der Waals surface area contributed by atoms with Gasteiger partial charge in [0.1, 0.15) is 11.8 Å². The average molecular weight is 418 g/mol. The van der Waals surface area contributed by atoms with E-state index < -0.39 is 6.04 Å². The van der Waals surface area contributed by atoms with E-state index in [0.717, 1.165) is 28.1 Å². The minimum atomic E-state index is -0.758. The highest BCUT2D eigenvalue weighted by molar-refractivity contribution is 6.00. The molecule has 2 atom stereocenters. The molecule has 0 bridgehead atoms. The van der Waals surface area contributed by atoms with Crippen LogP contribution in [-0.2, 0) is 9.59 Å². The second-order valence-corrected chi connectivity index (χ2v) is 8.18. The first-order valence-electron chi connectivity index (χ1n) is 10.4. The van der Waals surface area contributed by atoms with Crippen molar-refractivity contribution in [1.82, 2.24) is 4.90 Å². The summed E-state index contributed by atoms with van der Waals surface area (Å²) >= 11 is 0. The molecule has 1 fully saturated rings. The van der Waals surface area contributed by atoms with Crippen LogP contribution >= 0.6 is 0 Å². The fourth-order valence-corrected chi connectivity index (χ4v) is 4.07. The van der Waals surface area contributed by atoms with Gasteiger partial charge in [0.25, 0.3) is 5.91 Å². The minimum Gasteiger partial charge on any atom is -0.467 e. The van der Waals surface area contributed by atoms with E-state index in [4.69, 9.17) is 4.42 Å². The lowest BCUT2D eigenvalue weighted by Gasteiger charge is -2.44. The minimum absolute atomic E-state index is 0.0697. The third kappa shape index (κ3) is 3.93. The Morgan fingerprint density at radius 1 is 1.06 bits per heavy atom. The SMILES string of the molecule is Cc1cccc(C)c1NC(=O)[C@@H](c1ccc(N(C)C)cc1)N1C(=O)C[C@@H]1c1ccco1. The molecule has 4 rings (SSSR count). The molecule has 1 aliphatic heterocycles. The summed E-state index contributed by atoms with van der Waals surface area (Å²) in [4.78, 5) is 29.9. The maximum atomic E-state index is 13.6. The van der Waals surface area contributed by atoms with Crippen LogP contribution in [0.1, 0.15) is 41.0 Å². The van der Waals surface area contributed by atoms with Crippen molar-refractivity contribution in [3.05, 3.63) is 83.3 Å². The van der Waals surface area contributed by atoms with Crippen molar-refractivity contribution in [2.75, 3.05) is 24.3 Å². The van der Waals surface area contributed by atoms with Crippen LogP contribution in [0.15, 0.2) is 65.3 Å². The number of aryl methyl sites for hydroxylation is 2. The van der Waals surface area contributed by atoms with E-state index in [0.29, 0.717) is 12.2 Å². The number of nitrogens with one attached hydrogen (secondary N) is 1. The second kappa shape index (κ2) is 8.30. The monoisotopic (exact) mass is 417 g/mol. The van der Waals surface area contributed by atoms with Gasteiger partial charge in [-0.05, 0) is 54.8 Å². The molecule has 1 aliphatic rings. The van der Waals surface area contributed by atoms with Crippen LogP contribution in [0.2, 0.25) is 0 Å². The topological polar surface area (TPSA) is 65.8 Å². The van der Waals surface area contributed by atoms with E-state index >= 15 is 0 Å².